The molecule has 2 heterocycles. The first-order valence-electron chi connectivity index (χ1n) is 9.78. The van der Waals surface area contributed by atoms with Crippen LogP contribution < -0.4 is 0 Å². The molecule has 0 radical (unpaired) electrons. The number of benzene rings is 2. The van der Waals surface area contributed by atoms with E-state index in [9.17, 15) is 14.7 Å². The Morgan fingerprint density at radius 2 is 1.79 bits per heavy atom. The zero-order chi connectivity index (χ0) is 20.4. The first-order valence-corrected chi connectivity index (χ1v) is 9.78. The Morgan fingerprint density at radius 1 is 1.07 bits per heavy atom. The highest BCUT2D eigenvalue weighted by Gasteiger charge is 2.31. The third-order valence-electron chi connectivity index (χ3n) is 5.42. The van der Waals surface area contributed by atoms with Gasteiger partial charge in [-0.25, -0.2) is 4.68 Å². The van der Waals surface area contributed by atoms with Crippen LogP contribution in [0.1, 0.15) is 28.8 Å². The molecule has 1 saturated heterocycles. The SMILES string of the molecule is Cc1ccccc1-c1nn(-c2ccccc2)cc1C(=O)N1CCCC(C(=O)O)C1. The van der Waals surface area contributed by atoms with Gasteiger partial charge in [0.1, 0.15) is 5.69 Å². The Hall–Kier alpha value is -3.41. The molecule has 3 aromatic rings. The summed E-state index contributed by atoms with van der Waals surface area (Å²) in [5.41, 5.74) is 3.91. The Kier molecular flexibility index (Phi) is 5.16. The van der Waals surface area contributed by atoms with E-state index in [1.165, 1.54) is 0 Å². The van der Waals surface area contributed by atoms with Gasteiger partial charge in [-0.3, -0.25) is 9.59 Å². The number of nitrogens with zero attached hydrogens (tertiary/aromatic N) is 3. The van der Waals surface area contributed by atoms with E-state index in [0.717, 1.165) is 16.8 Å². The zero-order valence-electron chi connectivity index (χ0n) is 16.3. The number of carbonyl (C=O) groups excluding carboxylic acids is 1. The van der Waals surface area contributed by atoms with E-state index in [1.807, 2.05) is 61.5 Å². The third-order valence-corrected chi connectivity index (χ3v) is 5.42. The van der Waals surface area contributed by atoms with Gasteiger partial charge >= 0.3 is 5.97 Å². The molecule has 1 aliphatic heterocycles. The van der Waals surface area contributed by atoms with E-state index in [0.29, 0.717) is 30.6 Å². The Balaban J connectivity index is 1.77. The molecule has 1 N–H and O–H groups in total. The summed E-state index contributed by atoms with van der Waals surface area (Å²) in [6.07, 6.45) is 3.05. The molecule has 6 nitrogen and oxygen atoms in total. The first-order chi connectivity index (χ1) is 14.0. The van der Waals surface area contributed by atoms with Crippen LogP contribution in [0.2, 0.25) is 0 Å². The third kappa shape index (κ3) is 3.78. The molecule has 0 aliphatic carbocycles. The van der Waals surface area contributed by atoms with Crippen LogP contribution in [0, 0.1) is 12.8 Å². The van der Waals surface area contributed by atoms with Crippen LogP contribution in [-0.2, 0) is 4.79 Å². The van der Waals surface area contributed by atoms with Crippen molar-refractivity contribution in [2.75, 3.05) is 13.1 Å². The van der Waals surface area contributed by atoms with Gasteiger partial charge in [0.05, 0.1) is 17.2 Å². The van der Waals surface area contributed by atoms with E-state index >= 15 is 0 Å². The molecule has 4 rings (SSSR count). The molecule has 1 aromatic heterocycles. The molecule has 0 saturated carbocycles. The molecule has 0 spiro atoms. The highest BCUT2D eigenvalue weighted by molar-refractivity contribution is 6.00. The number of amides is 1. The summed E-state index contributed by atoms with van der Waals surface area (Å²) in [6.45, 7) is 2.79. The minimum Gasteiger partial charge on any atom is -0.481 e. The van der Waals surface area contributed by atoms with Gasteiger partial charge in [-0.2, -0.15) is 5.10 Å². The average Bonchev–Trinajstić information content (AvgIpc) is 3.19. The number of carbonyl (C=O) groups is 2. The van der Waals surface area contributed by atoms with Crippen LogP contribution in [-0.4, -0.2) is 44.8 Å². The van der Waals surface area contributed by atoms with Crippen LogP contribution in [0.25, 0.3) is 16.9 Å². The predicted molar refractivity (Wildman–Crippen MR) is 110 cm³/mol. The van der Waals surface area contributed by atoms with Gasteiger partial charge in [0.15, 0.2) is 0 Å². The van der Waals surface area contributed by atoms with Crippen molar-refractivity contribution >= 4 is 11.9 Å². The number of aliphatic carboxylic acids is 1. The number of aromatic nitrogens is 2. The Bertz CT molecular complexity index is 1040. The standard InChI is InChI=1S/C23H23N3O3/c1-16-8-5-6-12-19(16)21-20(15-26(24-21)18-10-3-2-4-11-18)22(27)25-13-7-9-17(14-25)23(28)29/h2-6,8,10-12,15,17H,7,9,13-14H2,1H3,(H,28,29). The van der Waals surface area contributed by atoms with Crippen molar-refractivity contribution in [3.63, 3.8) is 0 Å². The van der Waals surface area contributed by atoms with Crippen molar-refractivity contribution in [1.29, 1.82) is 0 Å². The van der Waals surface area contributed by atoms with E-state index in [1.54, 1.807) is 15.8 Å². The zero-order valence-corrected chi connectivity index (χ0v) is 16.3. The maximum absolute atomic E-state index is 13.4. The summed E-state index contributed by atoms with van der Waals surface area (Å²) in [6, 6.07) is 17.5. The molecule has 1 amide bonds. The second-order valence-corrected chi connectivity index (χ2v) is 7.41. The van der Waals surface area contributed by atoms with Gasteiger partial charge in [-0.15, -0.1) is 0 Å². The van der Waals surface area contributed by atoms with Crippen molar-refractivity contribution < 1.29 is 14.7 Å². The van der Waals surface area contributed by atoms with Gasteiger partial charge in [0.25, 0.3) is 5.91 Å². The molecule has 1 atom stereocenters. The minimum atomic E-state index is -0.846. The largest absolute Gasteiger partial charge is 0.481 e. The number of likely N-dealkylation sites (tertiary alicyclic amines) is 1. The van der Waals surface area contributed by atoms with E-state index < -0.39 is 11.9 Å². The van der Waals surface area contributed by atoms with Crippen LogP contribution in [0.3, 0.4) is 0 Å². The van der Waals surface area contributed by atoms with Crippen molar-refractivity contribution in [2.24, 2.45) is 5.92 Å². The van der Waals surface area contributed by atoms with E-state index in [-0.39, 0.29) is 12.5 Å². The lowest BCUT2D eigenvalue weighted by molar-refractivity contribution is -0.143. The van der Waals surface area contributed by atoms with Gasteiger partial charge in [-0.1, -0.05) is 42.5 Å². The van der Waals surface area contributed by atoms with Crippen LogP contribution in [0.5, 0.6) is 0 Å². The summed E-state index contributed by atoms with van der Waals surface area (Å²) in [4.78, 5) is 26.5. The molecule has 1 fully saturated rings. The summed E-state index contributed by atoms with van der Waals surface area (Å²) >= 11 is 0. The minimum absolute atomic E-state index is 0.170. The van der Waals surface area contributed by atoms with Crippen LogP contribution >= 0.6 is 0 Å². The van der Waals surface area contributed by atoms with Gasteiger partial charge in [0, 0.05) is 24.8 Å². The number of para-hydroxylation sites is 1. The summed E-state index contributed by atoms with van der Waals surface area (Å²) in [7, 11) is 0. The lowest BCUT2D eigenvalue weighted by Gasteiger charge is -2.30. The highest BCUT2D eigenvalue weighted by atomic mass is 16.4. The topological polar surface area (TPSA) is 75.4 Å². The molecule has 1 aliphatic rings. The highest BCUT2D eigenvalue weighted by Crippen LogP contribution is 2.29. The average molecular weight is 389 g/mol. The van der Waals surface area contributed by atoms with Gasteiger partial charge in [-0.05, 0) is 37.5 Å². The maximum Gasteiger partial charge on any atom is 0.308 e. The molecular weight excluding hydrogens is 366 g/mol. The van der Waals surface area contributed by atoms with Crippen molar-refractivity contribution in [3.05, 3.63) is 71.9 Å². The number of carboxylic acid groups (broad SMARTS) is 1. The second-order valence-electron chi connectivity index (χ2n) is 7.41. The number of hydrogen-bond donors (Lipinski definition) is 1. The fourth-order valence-corrected chi connectivity index (χ4v) is 3.81. The lowest BCUT2D eigenvalue weighted by Crippen LogP contribution is -2.42. The maximum atomic E-state index is 13.4. The number of hydrogen-bond acceptors (Lipinski definition) is 3. The summed E-state index contributed by atoms with van der Waals surface area (Å²) in [5.74, 6) is -1.53. The molecule has 29 heavy (non-hydrogen) atoms. The molecule has 1 unspecified atom stereocenters. The molecule has 2 aromatic carbocycles. The van der Waals surface area contributed by atoms with Crippen LogP contribution in [0.4, 0.5) is 0 Å². The van der Waals surface area contributed by atoms with Crippen LogP contribution in [0.15, 0.2) is 60.8 Å². The fourth-order valence-electron chi connectivity index (χ4n) is 3.81. The normalized spacial score (nSPS) is 16.6. The van der Waals surface area contributed by atoms with Crippen molar-refractivity contribution in [3.8, 4) is 16.9 Å². The first kappa shape index (κ1) is 18.9. The Labute approximate surface area is 169 Å². The van der Waals surface area contributed by atoms with E-state index in [4.69, 9.17) is 5.10 Å². The van der Waals surface area contributed by atoms with Crippen molar-refractivity contribution in [1.82, 2.24) is 14.7 Å². The van der Waals surface area contributed by atoms with Crippen molar-refractivity contribution in [2.45, 2.75) is 19.8 Å². The van der Waals surface area contributed by atoms with Gasteiger partial charge < -0.3 is 10.0 Å². The molecule has 6 heteroatoms. The molecule has 148 valence electrons. The number of rotatable bonds is 4. The fraction of sp³-hybridized carbons (Fsp3) is 0.261. The summed E-state index contributed by atoms with van der Waals surface area (Å²) < 4.78 is 1.72. The Morgan fingerprint density at radius 3 is 2.52 bits per heavy atom. The number of piperidine rings is 1. The quantitative estimate of drug-likeness (QED) is 0.737. The second kappa shape index (κ2) is 7.91. The van der Waals surface area contributed by atoms with E-state index in [2.05, 4.69) is 0 Å². The smallest absolute Gasteiger partial charge is 0.308 e. The monoisotopic (exact) mass is 389 g/mol. The lowest BCUT2D eigenvalue weighted by atomic mass is 9.97. The number of aryl methyl sites for hydroxylation is 1. The predicted octanol–water partition coefficient (Wildman–Crippen LogP) is 3.78. The number of carboxylic acids is 1. The molecule has 0 bridgehead atoms. The van der Waals surface area contributed by atoms with Gasteiger partial charge in [0.2, 0.25) is 0 Å². The summed E-state index contributed by atoms with van der Waals surface area (Å²) in [5, 5.41) is 14.1. The molecular formula is C23H23N3O3.